The molecular weight excluding hydrogens is 301 g/mol. The third-order valence-corrected chi connectivity index (χ3v) is 3.90. The molecule has 1 aromatic rings. The van der Waals surface area contributed by atoms with Crippen molar-refractivity contribution in [2.75, 3.05) is 0 Å². The molecule has 5 heteroatoms. The summed E-state index contributed by atoms with van der Waals surface area (Å²) in [6, 6.07) is 4.59. The minimum atomic E-state index is -0.419. The van der Waals surface area contributed by atoms with Crippen LogP contribution in [0.5, 0.6) is 0 Å². The van der Waals surface area contributed by atoms with Crippen molar-refractivity contribution in [2.24, 2.45) is 11.8 Å². The van der Waals surface area contributed by atoms with E-state index in [0.717, 1.165) is 4.90 Å². The average molecular weight is 314 g/mol. The first-order chi connectivity index (χ1) is 8.41. The van der Waals surface area contributed by atoms with Gasteiger partial charge in [0.1, 0.15) is 5.82 Å². The Labute approximate surface area is 113 Å². The Morgan fingerprint density at radius 1 is 1.22 bits per heavy atom. The zero-order valence-corrected chi connectivity index (χ0v) is 11.7. The molecule has 0 radical (unpaired) electrons. The smallest absolute Gasteiger partial charge is 0.233 e. The van der Waals surface area contributed by atoms with E-state index in [4.69, 9.17) is 0 Å². The van der Waals surface area contributed by atoms with Crippen molar-refractivity contribution >= 4 is 27.7 Å². The lowest BCUT2D eigenvalue weighted by molar-refractivity contribution is -0.140. The number of imide groups is 1. The van der Waals surface area contributed by atoms with Crippen LogP contribution in [0.15, 0.2) is 22.7 Å². The van der Waals surface area contributed by atoms with Gasteiger partial charge in [-0.1, -0.05) is 35.8 Å². The summed E-state index contributed by atoms with van der Waals surface area (Å²) in [5, 5.41) is 0. The number of rotatable bonds is 2. The summed E-state index contributed by atoms with van der Waals surface area (Å²) in [5.41, 5.74) is 0.348. The second-order valence-electron chi connectivity index (χ2n) is 4.58. The standard InChI is InChI=1S/C13H13BrFNO2/c1-7-8(2)13(18)16(12(7)17)6-9-3-4-10(14)5-11(9)15/h3-5,7-8H,6H2,1-2H3. The van der Waals surface area contributed by atoms with Crippen molar-refractivity contribution in [3.63, 3.8) is 0 Å². The number of hydrogen-bond donors (Lipinski definition) is 0. The molecule has 0 aliphatic carbocycles. The van der Waals surface area contributed by atoms with Gasteiger partial charge in [-0.15, -0.1) is 0 Å². The van der Waals surface area contributed by atoms with Crippen molar-refractivity contribution in [3.8, 4) is 0 Å². The van der Waals surface area contributed by atoms with Gasteiger partial charge in [0.25, 0.3) is 0 Å². The molecule has 2 unspecified atom stereocenters. The molecule has 0 spiro atoms. The van der Waals surface area contributed by atoms with Crippen molar-refractivity contribution in [1.29, 1.82) is 0 Å². The minimum Gasteiger partial charge on any atom is -0.278 e. The number of halogens is 2. The summed E-state index contributed by atoms with van der Waals surface area (Å²) in [7, 11) is 0. The fourth-order valence-electron chi connectivity index (χ4n) is 2.00. The zero-order valence-electron chi connectivity index (χ0n) is 10.1. The van der Waals surface area contributed by atoms with Crippen LogP contribution in [0.2, 0.25) is 0 Å². The normalized spacial score (nSPS) is 23.9. The lowest BCUT2D eigenvalue weighted by Crippen LogP contribution is -2.30. The summed E-state index contributed by atoms with van der Waals surface area (Å²) in [6.45, 7) is 3.46. The number of carbonyl (C=O) groups excluding carboxylic acids is 2. The van der Waals surface area contributed by atoms with E-state index < -0.39 is 5.82 Å². The van der Waals surface area contributed by atoms with Gasteiger partial charge in [-0.3, -0.25) is 14.5 Å². The molecule has 2 rings (SSSR count). The van der Waals surface area contributed by atoms with E-state index in [9.17, 15) is 14.0 Å². The van der Waals surface area contributed by atoms with Gasteiger partial charge in [-0.05, 0) is 12.1 Å². The van der Waals surface area contributed by atoms with E-state index in [0.29, 0.717) is 10.0 Å². The summed E-state index contributed by atoms with van der Waals surface area (Å²) in [4.78, 5) is 24.9. The van der Waals surface area contributed by atoms with Gasteiger partial charge in [0.05, 0.1) is 6.54 Å². The molecule has 0 aromatic heterocycles. The highest BCUT2D eigenvalue weighted by Gasteiger charge is 2.42. The molecule has 0 saturated carbocycles. The Balaban J connectivity index is 2.24. The highest BCUT2D eigenvalue weighted by molar-refractivity contribution is 9.10. The van der Waals surface area contributed by atoms with E-state index >= 15 is 0 Å². The Morgan fingerprint density at radius 2 is 1.78 bits per heavy atom. The van der Waals surface area contributed by atoms with E-state index in [-0.39, 0.29) is 30.2 Å². The molecule has 96 valence electrons. The Kier molecular flexibility index (Phi) is 3.52. The topological polar surface area (TPSA) is 37.4 Å². The number of nitrogens with zero attached hydrogens (tertiary/aromatic N) is 1. The molecule has 18 heavy (non-hydrogen) atoms. The maximum absolute atomic E-state index is 13.7. The van der Waals surface area contributed by atoms with Crippen LogP contribution in [-0.4, -0.2) is 16.7 Å². The number of amides is 2. The van der Waals surface area contributed by atoms with E-state index in [1.807, 2.05) is 0 Å². The van der Waals surface area contributed by atoms with Crippen molar-refractivity contribution in [2.45, 2.75) is 20.4 Å². The third kappa shape index (κ3) is 2.19. The molecule has 2 amide bonds. The van der Waals surface area contributed by atoms with Gasteiger partial charge in [0.2, 0.25) is 11.8 Å². The highest BCUT2D eigenvalue weighted by Crippen LogP contribution is 2.27. The van der Waals surface area contributed by atoms with Gasteiger partial charge >= 0.3 is 0 Å². The van der Waals surface area contributed by atoms with Gasteiger partial charge in [-0.2, -0.15) is 0 Å². The van der Waals surface area contributed by atoms with Gasteiger partial charge < -0.3 is 0 Å². The third-order valence-electron chi connectivity index (χ3n) is 3.40. The highest BCUT2D eigenvalue weighted by atomic mass is 79.9. The van der Waals surface area contributed by atoms with Crippen molar-refractivity contribution in [1.82, 2.24) is 4.90 Å². The molecule has 1 saturated heterocycles. The molecule has 1 aliphatic heterocycles. The van der Waals surface area contributed by atoms with Crippen LogP contribution in [0.3, 0.4) is 0 Å². The maximum atomic E-state index is 13.7. The molecule has 0 N–H and O–H groups in total. The first-order valence-electron chi connectivity index (χ1n) is 5.71. The second-order valence-corrected chi connectivity index (χ2v) is 5.49. The summed E-state index contributed by atoms with van der Waals surface area (Å²) in [6.07, 6.45) is 0. The lowest BCUT2D eigenvalue weighted by atomic mass is 10.00. The molecule has 1 heterocycles. The predicted octanol–water partition coefficient (Wildman–Crippen LogP) is 2.73. The van der Waals surface area contributed by atoms with Crippen LogP contribution in [-0.2, 0) is 16.1 Å². The largest absolute Gasteiger partial charge is 0.278 e. The Morgan fingerprint density at radius 3 is 2.28 bits per heavy atom. The lowest BCUT2D eigenvalue weighted by Gasteiger charge is -2.15. The summed E-state index contributed by atoms with van der Waals surface area (Å²) in [5.74, 6) is -1.52. The number of benzene rings is 1. The van der Waals surface area contributed by atoms with Gasteiger partial charge in [0, 0.05) is 21.9 Å². The van der Waals surface area contributed by atoms with E-state index in [1.54, 1.807) is 26.0 Å². The molecule has 2 atom stereocenters. The fourth-order valence-corrected chi connectivity index (χ4v) is 2.34. The number of hydrogen-bond acceptors (Lipinski definition) is 2. The van der Waals surface area contributed by atoms with Crippen LogP contribution in [0, 0.1) is 17.7 Å². The maximum Gasteiger partial charge on any atom is 0.233 e. The minimum absolute atomic E-state index is 0.00542. The average Bonchev–Trinajstić information content (AvgIpc) is 2.50. The van der Waals surface area contributed by atoms with Gasteiger partial charge in [0.15, 0.2) is 0 Å². The van der Waals surface area contributed by atoms with E-state index in [1.165, 1.54) is 6.07 Å². The number of carbonyl (C=O) groups is 2. The van der Waals surface area contributed by atoms with Gasteiger partial charge in [-0.25, -0.2) is 4.39 Å². The van der Waals surface area contributed by atoms with Crippen LogP contribution in [0.4, 0.5) is 4.39 Å². The van der Waals surface area contributed by atoms with E-state index in [2.05, 4.69) is 15.9 Å². The molecule has 1 fully saturated rings. The first-order valence-corrected chi connectivity index (χ1v) is 6.50. The quantitative estimate of drug-likeness (QED) is 0.787. The molecule has 1 aliphatic rings. The monoisotopic (exact) mass is 313 g/mol. The van der Waals surface area contributed by atoms with Crippen LogP contribution in [0.1, 0.15) is 19.4 Å². The van der Waals surface area contributed by atoms with Crippen LogP contribution < -0.4 is 0 Å². The van der Waals surface area contributed by atoms with Crippen LogP contribution >= 0.6 is 15.9 Å². The zero-order chi connectivity index (χ0) is 13.4. The van der Waals surface area contributed by atoms with Crippen LogP contribution in [0.25, 0.3) is 0 Å². The summed E-state index contributed by atoms with van der Waals surface area (Å²) >= 11 is 3.16. The Hall–Kier alpha value is -1.23. The SMILES string of the molecule is CC1C(=O)N(Cc2ccc(Br)cc2F)C(=O)C1C. The molecule has 3 nitrogen and oxygen atoms in total. The predicted molar refractivity (Wildman–Crippen MR) is 68.0 cm³/mol. The molecular formula is C13H13BrFNO2. The van der Waals surface area contributed by atoms with Crippen molar-refractivity contribution < 1.29 is 14.0 Å². The first kappa shape index (κ1) is 13.2. The fraction of sp³-hybridized carbons (Fsp3) is 0.385. The summed E-state index contributed by atoms with van der Waals surface area (Å²) < 4.78 is 14.3. The Bertz CT molecular complexity index is 498. The second kappa shape index (κ2) is 4.80. The van der Waals surface area contributed by atoms with Crippen molar-refractivity contribution in [3.05, 3.63) is 34.1 Å². The molecule has 0 bridgehead atoms. The molecule has 1 aromatic carbocycles. The number of likely N-dealkylation sites (tertiary alicyclic amines) is 1.